The van der Waals surface area contributed by atoms with E-state index in [0.717, 1.165) is 36.7 Å². The van der Waals surface area contributed by atoms with Gasteiger partial charge in [0.2, 0.25) is 0 Å². The summed E-state index contributed by atoms with van der Waals surface area (Å²) in [4.78, 5) is 7.02. The highest BCUT2D eigenvalue weighted by Crippen LogP contribution is 2.36. The zero-order chi connectivity index (χ0) is 18.2. The molecule has 1 N–H and O–H groups in total. The molecule has 0 bridgehead atoms. The van der Waals surface area contributed by atoms with Crippen LogP contribution < -0.4 is 15.3 Å². The molecule has 6 nitrogen and oxygen atoms in total. The second-order valence-electron chi connectivity index (χ2n) is 7.34. The lowest BCUT2D eigenvalue weighted by molar-refractivity contribution is 0.573. The van der Waals surface area contributed by atoms with E-state index >= 15 is 0 Å². The standard InChI is InChI=1S/C21H24N6/c1-25-15-18(14-23-25)16-5-6-17-13-24-27(20(17)11-16)19-7-8-22-21(12-19)26-9-3-2-4-10-26/h5-8,11-12,14-15,24H,2-4,9-10,13H2,1H3. The lowest BCUT2D eigenvalue weighted by atomic mass is 10.1. The fourth-order valence-corrected chi connectivity index (χ4v) is 3.99. The molecule has 0 radical (unpaired) electrons. The summed E-state index contributed by atoms with van der Waals surface area (Å²) in [6, 6.07) is 10.9. The average molecular weight is 360 g/mol. The number of hydrogen-bond acceptors (Lipinski definition) is 5. The summed E-state index contributed by atoms with van der Waals surface area (Å²) in [5.41, 5.74) is 9.47. The van der Waals surface area contributed by atoms with Crippen molar-refractivity contribution in [3.63, 3.8) is 0 Å². The molecule has 1 saturated heterocycles. The predicted molar refractivity (Wildman–Crippen MR) is 108 cm³/mol. The van der Waals surface area contributed by atoms with Gasteiger partial charge in [0.25, 0.3) is 0 Å². The Labute approximate surface area is 159 Å². The van der Waals surface area contributed by atoms with Gasteiger partial charge < -0.3 is 4.90 Å². The molecule has 2 aliphatic rings. The third-order valence-corrected chi connectivity index (χ3v) is 5.46. The van der Waals surface area contributed by atoms with Gasteiger partial charge in [-0.25, -0.2) is 10.4 Å². The lowest BCUT2D eigenvalue weighted by Gasteiger charge is -2.29. The summed E-state index contributed by atoms with van der Waals surface area (Å²) in [5, 5.41) is 6.49. The zero-order valence-electron chi connectivity index (χ0n) is 15.6. The number of nitrogens with zero attached hydrogens (tertiary/aromatic N) is 5. The Hall–Kier alpha value is -2.86. The topological polar surface area (TPSA) is 49.2 Å². The Morgan fingerprint density at radius 1 is 1.00 bits per heavy atom. The normalized spacial score (nSPS) is 16.6. The van der Waals surface area contributed by atoms with Gasteiger partial charge in [-0.05, 0) is 42.5 Å². The minimum atomic E-state index is 0.837. The third-order valence-electron chi connectivity index (χ3n) is 5.46. The molecule has 4 heterocycles. The monoisotopic (exact) mass is 360 g/mol. The summed E-state index contributed by atoms with van der Waals surface area (Å²) in [7, 11) is 1.95. The van der Waals surface area contributed by atoms with E-state index < -0.39 is 0 Å². The first-order chi connectivity index (χ1) is 13.3. The van der Waals surface area contributed by atoms with Crippen molar-refractivity contribution in [2.24, 2.45) is 7.05 Å². The third kappa shape index (κ3) is 3.06. The van der Waals surface area contributed by atoms with Crippen LogP contribution in [0, 0.1) is 0 Å². The van der Waals surface area contributed by atoms with Crippen LogP contribution in [0.4, 0.5) is 17.2 Å². The van der Waals surface area contributed by atoms with Crippen LogP contribution in [0.1, 0.15) is 24.8 Å². The van der Waals surface area contributed by atoms with Gasteiger partial charge in [-0.2, -0.15) is 5.10 Å². The lowest BCUT2D eigenvalue weighted by Crippen LogP contribution is -2.31. The van der Waals surface area contributed by atoms with Gasteiger partial charge in [-0.15, -0.1) is 0 Å². The number of benzene rings is 1. The molecule has 0 spiro atoms. The maximum absolute atomic E-state index is 4.62. The Morgan fingerprint density at radius 3 is 2.70 bits per heavy atom. The molecule has 6 heteroatoms. The molecule has 1 fully saturated rings. The molecule has 2 aliphatic heterocycles. The van der Waals surface area contributed by atoms with Crippen LogP contribution in [-0.2, 0) is 13.6 Å². The number of anilines is 3. The van der Waals surface area contributed by atoms with Crippen LogP contribution in [-0.4, -0.2) is 27.9 Å². The van der Waals surface area contributed by atoms with Gasteiger partial charge in [-0.3, -0.25) is 9.69 Å². The number of pyridine rings is 1. The maximum atomic E-state index is 4.62. The molecule has 0 amide bonds. The Morgan fingerprint density at radius 2 is 1.89 bits per heavy atom. The summed E-state index contributed by atoms with van der Waals surface area (Å²) in [6.07, 6.45) is 9.72. The van der Waals surface area contributed by atoms with Crippen molar-refractivity contribution >= 4 is 17.2 Å². The second kappa shape index (κ2) is 6.70. The smallest absolute Gasteiger partial charge is 0.130 e. The van der Waals surface area contributed by atoms with E-state index in [2.05, 4.69) is 61.9 Å². The SMILES string of the molecule is Cn1cc(-c2ccc3c(c2)N(c2ccnc(N4CCCCC4)c2)NC3)cn1. The molecule has 5 rings (SSSR count). The molecule has 0 atom stereocenters. The van der Waals surface area contributed by atoms with Crippen molar-refractivity contribution in [1.29, 1.82) is 0 Å². The molecule has 0 unspecified atom stereocenters. The van der Waals surface area contributed by atoms with Crippen molar-refractivity contribution in [2.45, 2.75) is 25.8 Å². The summed E-state index contributed by atoms with van der Waals surface area (Å²) < 4.78 is 1.84. The highest BCUT2D eigenvalue weighted by Gasteiger charge is 2.22. The van der Waals surface area contributed by atoms with Crippen LogP contribution in [0.3, 0.4) is 0 Å². The van der Waals surface area contributed by atoms with Gasteiger partial charge >= 0.3 is 0 Å². The number of hydrazine groups is 1. The number of aryl methyl sites for hydroxylation is 1. The van der Waals surface area contributed by atoms with Gasteiger partial charge in [0.05, 0.1) is 17.6 Å². The van der Waals surface area contributed by atoms with Gasteiger partial charge in [-0.1, -0.05) is 12.1 Å². The van der Waals surface area contributed by atoms with E-state index in [9.17, 15) is 0 Å². The fourth-order valence-electron chi connectivity index (χ4n) is 3.99. The number of nitrogens with one attached hydrogen (secondary N) is 1. The average Bonchev–Trinajstić information content (AvgIpc) is 3.34. The summed E-state index contributed by atoms with van der Waals surface area (Å²) >= 11 is 0. The zero-order valence-corrected chi connectivity index (χ0v) is 15.6. The number of piperidine rings is 1. The van der Waals surface area contributed by atoms with Crippen molar-refractivity contribution in [1.82, 2.24) is 20.2 Å². The van der Waals surface area contributed by atoms with E-state index in [-0.39, 0.29) is 0 Å². The first-order valence-electron chi connectivity index (χ1n) is 9.64. The molecular formula is C21H24N6. The number of hydrogen-bond donors (Lipinski definition) is 1. The van der Waals surface area contributed by atoms with Crippen LogP contribution in [0.25, 0.3) is 11.1 Å². The molecule has 0 saturated carbocycles. The summed E-state index contributed by atoms with van der Waals surface area (Å²) in [5.74, 6) is 1.07. The van der Waals surface area contributed by atoms with E-state index in [1.165, 1.54) is 36.1 Å². The Balaban J connectivity index is 1.48. The predicted octanol–water partition coefficient (Wildman–Crippen LogP) is 3.63. The largest absolute Gasteiger partial charge is 0.357 e. The van der Waals surface area contributed by atoms with Crippen LogP contribution >= 0.6 is 0 Å². The quantitative estimate of drug-likeness (QED) is 0.773. The fraction of sp³-hybridized carbons (Fsp3) is 0.333. The van der Waals surface area contributed by atoms with E-state index in [1.807, 2.05) is 24.1 Å². The van der Waals surface area contributed by atoms with Gasteiger partial charge in [0.15, 0.2) is 0 Å². The van der Waals surface area contributed by atoms with Gasteiger partial charge in [0, 0.05) is 50.7 Å². The molecule has 1 aromatic carbocycles. The minimum absolute atomic E-state index is 0.837. The van der Waals surface area contributed by atoms with Crippen molar-refractivity contribution < 1.29 is 0 Å². The minimum Gasteiger partial charge on any atom is -0.357 e. The molecule has 0 aliphatic carbocycles. The molecule has 138 valence electrons. The van der Waals surface area contributed by atoms with Crippen molar-refractivity contribution in [3.8, 4) is 11.1 Å². The highest BCUT2D eigenvalue weighted by molar-refractivity contribution is 5.76. The number of fused-ring (bicyclic) bond motifs is 1. The van der Waals surface area contributed by atoms with Crippen LogP contribution in [0.5, 0.6) is 0 Å². The molecule has 2 aromatic heterocycles. The Kier molecular flexibility index (Phi) is 4.05. The van der Waals surface area contributed by atoms with Crippen molar-refractivity contribution in [2.75, 3.05) is 23.0 Å². The molecular weight excluding hydrogens is 336 g/mol. The second-order valence-corrected chi connectivity index (χ2v) is 7.34. The van der Waals surface area contributed by atoms with Crippen LogP contribution in [0.15, 0.2) is 48.9 Å². The van der Waals surface area contributed by atoms with Crippen molar-refractivity contribution in [3.05, 3.63) is 54.5 Å². The van der Waals surface area contributed by atoms with E-state index in [1.54, 1.807) is 0 Å². The number of rotatable bonds is 3. The first-order valence-corrected chi connectivity index (χ1v) is 9.64. The highest BCUT2D eigenvalue weighted by atomic mass is 15.5. The van der Waals surface area contributed by atoms with E-state index in [4.69, 9.17) is 0 Å². The van der Waals surface area contributed by atoms with E-state index in [0.29, 0.717) is 0 Å². The Bertz CT molecular complexity index is 957. The first kappa shape index (κ1) is 16.3. The molecule has 3 aromatic rings. The summed E-state index contributed by atoms with van der Waals surface area (Å²) in [6.45, 7) is 3.04. The van der Waals surface area contributed by atoms with Crippen LogP contribution in [0.2, 0.25) is 0 Å². The maximum Gasteiger partial charge on any atom is 0.130 e. The van der Waals surface area contributed by atoms with Gasteiger partial charge in [0.1, 0.15) is 5.82 Å². The number of aromatic nitrogens is 3. The molecule has 27 heavy (non-hydrogen) atoms.